The number of rotatable bonds is 1. The Morgan fingerprint density at radius 1 is 1.20 bits per heavy atom. The highest BCUT2D eigenvalue weighted by Gasteiger charge is 2.65. The second-order valence-electron chi connectivity index (χ2n) is 10.2. The third-order valence-electron chi connectivity index (χ3n) is 8.84. The number of nitrogens with one attached hydrogen (secondary N) is 1. The standard InChI is InChI=1S/C26H26N2O2/c1-24-9-8-19-13-18-4-5-20(29)14-25(18)10-11-26(19,30-25)23(24)7-6-21(24)16-2-3-17-15-27-28-22(17)12-16/h2-3,6,8,12-13,15,23H,4-5,7,9-11,14H2,1H3,(H,27,28)/t23-,24-,25-,26-/m1/s1. The van der Waals surface area contributed by atoms with Crippen LogP contribution in [0, 0.1) is 11.3 Å². The molecule has 1 saturated heterocycles. The molecule has 2 aliphatic heterocycles. The summed E-state index contributed by atoms with van der Waals surface area (Å²) < 4.78 is 7.07. The molecule has 4 heteroatoms. The zero-order chi connectivity index (χ0) is 20.1. The summed E-state index contributed by atoms with van der Waals surface area (Å²) in [5, 5.41) is 8.46. The Bertz CT molecular complexity index is 1220. The number of ether oxygens (including phenoxy) is 1. The fourth-order valence-corrected chi connectivity index (χ4v) is 7.35. The summed E-state index contributed by atoms with van der Waals surface area (Å²) in [4.78, 5) is 12.3. The van der Waals surface area contributed by atoms with E-state index in [0.29, 0.717) is 24.5 Å². The molecule has 1 saturated carbocycles. The molecular weight excluding hydrogens is 372 g/mol. The molecule has 2 bridgehead atoms. The van der Waals surface area contributed by atoms with E-state index in [9.17, 15) is 4.79 Å². The maximum Gasteiger partial charge on any atom is 0.136 e. The molecule has 7 rings (SSSR count). The number of carbonyl (C=O) groups excluding carboxylic acids is 1. The molecule has 2 fully saturated rings. The third kappa shape index (κ3) is 1.96. The van der Waals surface area contributed by atoms with Gasteiger partial charge in [-0.2, -0.15) is 5.10 Å². The Morgan fingerprint density at radius 3 is 3.07 bits per heavy atom. The van der Waals surface area contributed by atoms with E-state index in [0.717, 1.165) is 43.0 Å². The summed E-state index contributed by atoms with van der Waals surface area (Å²) in [6.45, 7) is 2.43. The number of aromatic amines is 1. The fraction of sp³-hybridized carbons (Fsp3) is 0.462. The molecule has 0 unspecified atom stereocenters. The van der Waals surface area contributed by atoms with Gasteiger partial charge in [-0.3, -0.25) is 9.89 Å². The lowest BCUT2D eigenvalue weighted by molar-refractivity contribution is -0.143. The lowest BCUT2D eigenvalue weighted by Crippen LogP contribution is -2.53. The predicted octanol–water partition coefficient (Wildman–Crippen LogP) is 5.28. The minimum atomic E-state index is -0.317. The van der Waals surface area contributed by atoms with Crippen LogP contribution in [0.3, 0.4) is 0 Å². The molecule has 152 valence electrons. The molecule has 0 radical (unpaired) electrons. The molecule has 5 aliphatic rings. The van der Waals surface area contributed by atoms with Gasteiger partial charge in [-0.15, -0.1) is 0 Å². The second kappa shape index (κ2) is 5.42. The molecule has 4 nitrogen and oxygen atoms in total. The summed E-state index contributed by atoms with van der Waals surface area (Å²) in [6, 6.07) is 6.65. The van der Waals surface area contributed by atoms with Crippen molar-refractivity contribution >= 4 is 22.3 Å². The summed E-state index contributed by atoms with van der Waals surface area (Å²) in [6.07, 6.45) is 15.4. The first-order valence-corrected chi connectivity index (χ1v) is 11.3. The molecule has 0 amide bonds. The summed E-state index contributed by atoms with van der Waals surface area (Å²) >= 11 is 0. The Hall–Kier alpha value is -2.46. The summed E-state index contributed by atoms with van der Waals surface area (Å²) in [5.74, 6) is 0.792. The van der Waals surface area contributed by atoms with Crippen LogP contribution in [0.5, 0.6) is 0 Å². The molecule has 1 aromatic heterocycles. The highest BCUT2D eigenvalue weighted by molar-refractivity contribution is 5.85. The average molecular weight is 399 g/mol. The molecular formula is C26H26N2O2. The lowest BCUT2D eigenvalue weighted by atomic mass is 9.58. The highest BCUT2D eigenvalue weighted by Crippen LogP contribution is 2.67. The topological polar surface area (TPSA) is 55.0 Å². The zero-order valence-corrected chi connectivity index (χ0v) is 17.3. The van der Waals surface area contributed by atoms with Crippen LogP contribution in [0.4, 0.5) is 0 Å². The van der Waals surface area contributed by atoms with Crippen LogP contribution in [-0.4, -0.2) is 27.2 Å². The third-order valence-corrected chi connectivity index (χ3v) is 8.84. The van der Waals surface area contributed by atoms with Gasteiger partial charge in [-0.1, -0.05) is 37.3 Å². The highest BCUT2D eigenvalue weighted by atomic mass is 16.5. The summed E-state index contributed by atoms with van der Waals surface area (Å²) in [5.41, 5.74) is 6.08. The number of Topliss-reactive ketones (excluding diaryl/α,β-unsaturated/α-hetero) is 1. The van der Waals surface area contributed by atoms with Gasteiger partial charge in [0.2, 0.25) is 0 Å². The van der Waals surface area contributed by atoms with Gasteiger partial charge in [-0.05, 0) is 60.5 Å². The van der Waals surface area contributed by atoms with E-state index in [1.807, 2.05) is 6.20 Å². The molecule has 2 aromatic rings. The number of ketones is 1. The molecule has 2 spiro atoms. The van der Waals surface area contributed by atoms with E-state index in [-0.39, 0.29) is 16.6 Å². The monoisotopic (exact) mass is 398 g/mol. The molecule has 30 heavy (non-hydrogen) atoms. The van der Waals surface area contributed by atoms with E-state index >= 15 is 0 Å². The summed E-state index contributed by atoms with van der Waals surface area (Å²) in [7, 11) is 0. The largest absolute Gasteiger partial charge is 0.359 e. The molecule has 3 aliphatic carbocycles. The molecule has 4 atom stereocenters. The Labute approximate surface area is 176 Å². The van der Waals surface area contributed by atoms with Crippen molar-refractivity contribution in [2.24, 2.45) is 11.3 Å². The van der Waals surface area contributed by atoms with Gasteiger partial charge in [0.1, 0.15) is 5.78 Å². The van der Waals surface area contributed by atoms with Crippen molar-refractivity contribution in [2.45, 2.75) is 63.1 Å². The Balaban J connectivity index is 1.33. The van der Waals surface area contributed by atoms with Crippen molar-refractivity contribution < 1.29 is 9.53 Å². The number of hydrogen-bond donors (Lipinski definition) is 1. The fourth-order valence-electron chi connectivity index (χ4n) is 7.35. The number of aromatic nitrogens is 2. The van der Waals surface area contributed by atoms with Gasteiger partial charge < -0.3 is 4.74 Å². The number of carbonyl (C=O) groups is 1. The van der Waals surface area contributed by atoms with Crippen LogP contribution >= 0.6 is 0 Å². The van der Waals surface area contributed by atoms with Crippen molar-refractivity contribution in [1.29, 1.82) is 0 Å². The van der Waals surface area contributed by atoms with Gasteiger partial charge >= 0.3 is 0 Å². The van der Waals surface area contributed by atoms with Crippen molar-refractivity contribution in [2.75, 3.05) is 0 Å². The van der Waals surface area contributed by atoms with E-state index in [2.05, 4.69) is 53.5 Å². The van der Waals surface area contributed by atoms with Gasteiger partial charge in [0.15, 0.2) is 0 Å². The first-order chi connectivity index (χ1) is 14.5. The van der Waals surface area contributed by atoms with Crippen molar-refractivity contribution in [3.05, 3.63) is 59.3 Å². The van der Waals surface area contributed by atoms with E-state index in [1.54, 1.807) is 0 Å². The van der Waals surface area contributed by atoms with E-state index in [4.69, 9.17) is 4.74 Å². The molecule has 3 heterocycles. The van der Waals surface area contributed by atoms with Gasteiger partial charge in [0.25, 0.3) is 0 Å². The van der Waals surface area contributed by atoms with E-state index < -0.39 is 0 Å². The van der Waals surface area contributed by atoms with Gasteiger partial charge in [0, 0.05) is 29.6 Å². The van der Waals surface area contributed by atoms with Crippen LogP contribution in [0.2, 0.25) is 0 Å². The second-order valence-corrected chi connectivity index (χ2v) is 10.2. The Kier molecular flexibility index (Phi) is 3.11. The Morgan fingerprint density at radius 2 is 2.13 bits per heavy atom. The first-order valence-electron chi connectivity index (χ1n) is 11.3. The average Bonchev–Trinajstić information content (AvgIpc) is 3.41. The quantitative estimate of drug-likeness (QED) is 0.711. The van der Waals surface area contributed by atoms with Crippen LogP contribution < -0.4 is 0 Å². The van der Waals surface area contributed by atoms with Crippen LogP contribution in [-0.2, 0) is 9.53 Å². The zero-order valence-electron chi connectivity index (χ0n) is 17.3. The predicted molar refractivity (Wildman–Crippen MR) is 116 cm³/mol. The number of nitrogens with zero attached hydrogens (tertiary/aromatic N) is 1. The smallest absolute Gasteiger partial charge is 0.136 e. The number of H-pyrrole nitrogens is 1. The number of benzene rings is 1. The van der Waals surface area contributed by atoms with Crippen molar-refractivity contribution in [1.82, 2.24) is 10.2 Å². The normalized spacial score (nSPS) is 39.2. The maximum atomic E-state index is 12.3. The van der Waals surface area contributed by atoms with Gasteiger partial charge in [0.05, 0.1) is 22.9 Å². The van der Waals surface area contributed by atoms with Crippen LogP contribution in [0.15, 0.2) is 53.8 Å². The minimum absolute atomic E-state index is 0.0484. The number of allylic oxidation sites excluding steroid dienone is 3. The van der Waals surface area contributed by atoms with Crippen molar-refractivity contribution in [3.8, 4) is 0 Å². The van der Waals surface area contributed by atoms with Crippen LogP contribution in [0.25, 0.3) is 16.5 Å². The molecule has 1 N–H and O–H groups in total. The number of hydrogen-bond acceptors (Lipinski definition) is 3. The van der Waals surface area contributed by atoms with Crippen molar-refractivity contribution in [3.63, 3.8) is 0 Å². The SMILES string of the molecule is C[C@]12CC=C3C=C4CCC(=O)C[C@]45CC[C@]3(O5)[C@@H]1CC=C2c1ccc2cn[nH]c2c1. The van der Waals surface area contributed by atoms with E-state index in [1.165, 1.54) is 22.3 Å². The maximum absolute atomic E-state index is 12.3. The number of fused-ring (bicyclic) bond motifs is 2. The first kappa shape index (κ1) is 17.2. The minimum Gasteiger partial charge on any atom is -0.359 e. The van der Waals surface area contributed by atoms with Crippen LogP contribution in [0.1, 0.15) is 57.4 Å². The lowest BCUT2D eigenvalue weighted by Gasteiger charge is -2.53. The van der Waals surface area contributed by atoms with Gasteiger partial charge in [-0.25, -0.2) is 0 Å². The molecule has 1 aromatic carbocycles.